The van der Waals surface area contributed by atoms with Crippen LogP contribution in [0.15, 0.2) is 54.6 Å². The zero-order valence-electron chi connectivity index (χ0n) is 13.5. The summed E-state index contributed by atoms with van der Waals surface area (Å²) in [6.45, 7) is 0.462. The van der Waals surface area contributed by atoms with Crippen molar-refractivity contribution in [3.63, 3.8) is 0 Å². The van der Waals surface area contributed by atoms with Gasteiger partial charge in [0, 0.05) is 13.6 Å². The lowest BCUT2D eigenvalue weighted by molar-refractivity contribution is -0.122. The van der Waals surface area contributed by atoms with Gasteiger partial charge in [-0.15, -0.1) is 0 Å². The topological polar surface area (TPSA) is 93.4 Å². The average molecular weight is 327 g/mol. The van der Waals surface area contributed by atoms with E-state index in [0.717, 1.165) is 11.1 Å². The summed E-state index contributed by atoms with van der Waals surface area (Å²) in [7, 11) is 1.56. The first-order valence-corrected chi connectivity index (χ1v) is 7.60. The monoisotopic (exact) mass is 327 g/mol. The van der Waals surface area contributed by atoms with Crippen LogP contribution in [-0.2, 0) is 16.1 Å². The van der Waals surface area contributed by atoms with Gasteiger partial charge in [-0.3, -0.25) is 14.9 Å². The van der Waals surface area contributed by atoms with Crippen LogP contribution < -0.4 is 21.1 Å². The molecule has 24 heavy (non-hydrogen) atoms. The van der Waals surface area contributed by atoms with Crippen LogP contribution in [0, 0.1) is 0 Å². The third-order valence-electron chi connectivity index (χ3n) is 3.50. The maximum atomic E-state index is 11.7. The number of hydrogen-bond acceptors (Lipinski definition) is 4. The van der Waals surface area contributed by atoms with Crippen LogP contribution in [-0.4, -0.2) is 25.5 Å². The Labute approximate surface area is 141 Å². The molecule has 1 unspecified atom stereocenters. The first-order valence-electron chi connectivity index (χ1n) is 7.60. The summed E-state index contributed by atoms with van der Waals surface area (Å²) < 4.78 is 5.34. The van der Waals surface area contributed by atoms with Gasteiger partial charge < -0.3 is 15.8 Å². The highest BCUT2D eigenvalue weighted by atomic mass is 16.5. The largest absolute Gasteiger partial charge is 0.484 e. The first-order chi connectivity index (χ1) is 11.6. The zero-order chi connectivity index (χ0) is 17.4. The van der Waals surface area contributed by atoms with Gasteiger partial charge in [0.25, 0.3) is 5.91 Å². The fourth-order valence-corrected chi connectivity index (χ4v) is 2.17. The molecule has 0 saturated carbocycles. The summed E-state index contributed by atoms with van der Waals surface area (Å²) in [6.07, 6.45) is 0. The van der Waals surface area contributed by atoms with Crippen LogP contribution >= 0.6 is 0 Å². The third-order valence-corrected chi connectivity index (χ3v) is 3.50. The number of benzene rings is 2. The molecule has 2 rings (SSSR count). The van der Waals surface area contributed by atoms with Crippen molar-refractivity contribution in [3.8, 4) is 5.75 Å². The second kappa shape index (κ2) is 8.69. The van der Waals surface area contributed by atoms with E-state index in [1.54, 1.807) is 19.2 Å². The molecular weight excluding hydrogens is 306 g/mol. The van der Waals surface area contributed by atoms with Gasteiger partial charge in [-0.2, -0.15) is 0 Å². The van der Waals surface area contributed by atoms with E-state index in [4.69, 9.17) is 10.5 Å². The fraction of sp³-hybridized carbons (Fsp3) is 0.222. The van der Waals surface area contributed by atoms with Gasteiger partial charge in [-0.05, 0) is 23.3 Å². The lowest BCUT2D eigenvalue weighted by Crippen LogP contribution is -2.33. The van der Waals surface area contributed by atoms with E-state index in [2.05, 4.69) is 10.6 Å². The Hall–Kier alpha value is -2.86. The molecule has 0 fully saturated rings. The van der Waals surface area contributed by atoms with Gasteiger partial charge in [-0.1, -0.05) is 42.5 Å². The summed E-state index contributed by atoms with van der Waals surface area (Å²) in [6, 6.07) is 16.1. The van der Waals surface area contributed by atoms with Crippen molar-refractivity contribution in [2.24, 2.45) is 5.73 Å². The smallest absolute Gasteiger partial charge is 0.257 e. The molecule has 0 aromatic heterocycles. The quantitative estimate of drug-likeness (QED) is 0.677. The Morgan fingerprint density at radius 1 is 1.08 bits per heavy atom. The standard InChI is InChI=1S/C18H21N3O3/c1-20-16(22)12-24-15-9-7-13(8-10-15)11-21-17(18(19)23)14-5-3-2-4-6-14/h2-10,17,21H,11-12H2,1H3,(H2,19,23)(H,20,22). The van der Waals surface area contributed by atoms with Crippen molar-refractivity contribution < 1.29 is 14.3 Å². The number of likely N-dealkylation sites (N-methyl/N-ethyl adjacent to an activating group) is 1. The summed E-state index contributed by atoms with van der Waals surface area (Å²) in [5, 5.41) is 5.64. The Kier molecular flexibility index (Phi) is 6.33. The molecule has 0 aliphatic rings. The first kappa shape index (κ1) is 17.5. The maximum absolute atomic E-state index is 11.7. The molecule has 6 nitrogen and oxygen atoms in total. The normalized spacial score (nSPS) is 11.5. The predicted molar refractivity (Wildman–Crippen MR) is 91.2 cm³/mol. The van der Waals surface area contributed by atoms with E-state index in [0.29, 0.717) is 12.3 Å². The van der Waals surface area contributed by atoms with Crippen molar-refractivity contribution in [2.75, 3.05) is 13.7 Å². The minimum Gasteiger partial charge on any atom is -0.484 e. The number of rotatable bonds is 8. The van der Waals surface area contributed by atoms with Gasteiger partial charge in [-0.25, -0.2) is 0 Å². The highest BCUT2D eigenvalue weighted by Gasteiger charge is 2.16. The van der Waals surface area contributed by atoms with E-state index in [1.807, 2.05) is 42.5 Å². The molecule has 0 heterocycles. The molecule has 0 aliphatic carbocycles. The van der Waals surface area contributed by atoms with Crippen LogP contribution in [0.2, 0.25) is 0 Å². The number of ether oxygens (including phenoxy) is 1. The Balaban J connectivity index is 1.93. The molecule has 2 amide bonds. The highest BCUT2D eigenvalue weighted by molar-refractivity contribution is 5.81. The molecule has 2 aromatic rings. The third kappa shape index (κ3) is 5.10. The van der Waals surface area contributed by atoms with Crippen LogP contribution in [0.3, 0.4) is 0 Å². The number of nitrogens with two attached hydrogens (primary N) is 1. The number of carbonyl (C=O) groups excluding carboxylic acids is 2. The van der Waals surface area contributed by atoms with Crippen LogP contribution in [0.4, 0.5) is 0 Å². The number of primary amides is 1. The van der Waals surface area contributed by atoms with Crippen molar-refractivity contribution in [3.05, 3.63) is 65.7 Å². The molecule has 126 valence electrons. The minimum absolute atomic E-state index is 0.0220. The summed E-state index contributed by atoms with van der Waals surface area (Å²) in [5.74, 6) is -0.00324. The maximum Gasteiger partial charge on any atom is 0.257 e. The van der Waals surface area contributed by atoms with Gasteiger partial charge in [0.15, 0.2) is 6.61 Å². The predicted octanol–water partition coefficient (Wildman–Crippen LogP) is 1.13. The zero-order valence-corrected chi connectivity index (χ0v) is 13.5. The molecule has 0 spiro atoms. The number of hydrogen-bond donors (Lipinski definition) is 3. The lowest BCUT2D eigenvalue weighted by atomic mass is 10.1. The van der Waals surface area contributed by atoms with Crippen molar-refractivity contribution in [1.29, 1.82) is 0 Å². The molecular formula is C18H21N3O3. The van der Waals surface area contributed by atoms with Gasteiger partial charge in [0.1, 0.15) is 11.8 Å². The van der Waals surface area contributed by atoms with Gasteiger partial charge in [0.05, 0.1) is 0 Å². The van der Waals surface area contributed by atoms with Gasteiger partial charge in [0.2, 0.25) is 5.91 Å². The number of carbonyl (C=O) groups is 2. The average Bonchev–Trinajstić information content (AvgIpc) is 2.61. The summed E-state index contributed by atoms with van der Waals surface area (Å²) in [5.41, 5.74) is 7.28. The molecule has 2 aromatic carbocycles. The molecule has 0 bridgehead atoms. The lowest BCUT2D eigenvalue weighted by Gasteiger charge is -2.16. The number of amides is 2. The van der Waals surface area contributed by atoms with Crippen molar-refractivity contribution in [2.45, 2.75) is 12.6 Å². The SMILES string of the molecule is CNC(=O)COc1ccc(CNC(C(N)=O)c2ccccc2)cc1. The summed E-state index contributed by atoms with van der Waals surface area (Å²) in [4.78, 5) is 22.8. The van der Waals surface area contributed by atoms with Crippen molar-refractivity contribution >= 4 is 11.8 Å². The Bertz CT molecular complexity index is 672. The molecule has 0 saturated heterocycles. The number of nitrogens with one attached hydrogen (secondary N) is 2. The van der Waals surface area contributed by atoms with E-state index in [1.165, 1.54) is 0 Å². The molecule has 0 radical (unpaired) electrons. The molecule has 1 atom stereocenters. The summed E-state index contributed by atoms with van der Waals surface area (Å²) >= 11 is 0. The second-order valence-electron chi connectivity index (χ2n) is 5.23. The molecule has 6 heteroatoms. The van der Waals surface area contributed by atoms with E-state index < -0.39 is 11.9 Å². The van der Waals surface area contributed by atoms with E-state index >= 15 is 0 Å². The fourth-order valence-electron chi connectivity index (χ4n) is 2.17. The Morgan fingerprint density at radius 2 is 1.75 bits per heavy atom. The molecule has 4 N–H and O–H groups in total. The van der Waals surface area contributed by atoms with Crippen LogP contribution in [0.25, 0.3) is 0 Å². The molecule has 0 aliphatic heterocycles. The van der Waals surface area contributed by atoms with E-state index in [-0.39, 0.29) is 12.5 Å². The highest BCUT2D eigenvalue weighted by Crippen LogP contribution is 2.15. The van der Waals surface area contributed by atoms with Gasteiger partial charge >= 0.3 is 0 Å². The van der Waals surface area contributed by atoms with Crippen molar-refractivity contribution in [1.82, 2.24) is 10.6 Å². The van der Waals surface area contributed by atoms with Crippen LogP contribution in [0.5, 0.6) is 5.75 Å². The Morgan fingerprint density at radius 3 is 2.33 bits per heavy atom. The minimum atomic E-state index is -0.546. The van der Waals surface area contributed by atoms with E-state index in [9.17, 15) is 9.59 Å². The second-order valence-corrected chi connectivity index (χ2v) is 5.23. The van der Waals surface area contributed by atoms with Crippen LogP contribution in [0.1, 0.15) is 17.2 Å².